The lowest BCUT2D eigenvalue weighted by atomic mass is 10.1. The number of hydrogen-bond donors (Lipinski definition) is 1. The Labute approximate surface area is 114 Å². The highest BCUT2D eigenvalue weighted by atomic mass is 16.5. The Morgan fingerprint density at radius 1 is 1.47 bits per heavy atom. The van der Waals surface area contributed by atoms with E-state index >= 15 is 0 Å². The van der Waals surface area contributed by atoms with Gasteiger partial charge in [0.05, 0.1) is 6.10 Å². The summed E-state index contributed by atoms with van der Waals surface area (Å²) in [6.45, 7) is 4.10. The molecule has 2 rings (SSSR count). The first-order chi connectivity index (χ1) is 9.22. The average Bonchev–Trinajstić information content (AvgIpc) is 2.97. The predicted molar refractivity (Wildman–Crippen MR) is 74.6 cm³/mol. The summed E-state index contributed by atoms with van der Waals surface area (Å²) in [5, 5.41) is 0. The SMILES string of the molecule is CCN(CC1CCCO1)C(=O)C(N)c1ccccc1. The fraction of sp³-hybridized carbons (Fsp3) is 0.533. The highest BCUT2D eigenvalue weighted by Crippen LogP contribution is 2.17. The third-order valence-corrected chi connectivity index (χ3v) is 3.57. The van der Waals surface area contributed by atoms with Crippen molar-refractivity contribution in [1.29, 1.82) is 0 Å². The van der Waals surface area contributed by atoms with Crippen LogP contribution in [-0.2, 0) is 9.53 Å². The van der Waals surface area contributed by atoms with E-state index in [-0.39, 0.29) is 12.0 Å². The summed E-state index contributed by atoms with van der Waals surface area (Å²) in [7, 11) is 0. The molecular weight excluding hydrogens is 240 g/mol. The zero-order valence-corrected chi connectivity index (χ0v) is 11.4. The van der Waals surface area contributed by atoms with Crippen molar-refractivity contribution in [1.82, 2.24) is 4.90 Å². The first kappa shape index (κ1) is 14.0. The molecule has 1 saturated heterocycles. The smallest absolute Gasteiger partial charge is 0.244 e. The Kier molecular flexibility index (Phi) is 4.93. The van der Waals surface area contributed by atoms with Crippen LogP contribution in [0.4, 0.5) is 0 Å². The normalized spacial score (nSPS) is 20.2. The van der Waals surface area contributed by atoms with Crippen molar-refractivity contribution in [3.63, 3.8) is 0 Å². The lowest BCUT2D eigenvalue weighted by Crippen LogP contribution is -2.42. The second kappa shape index (κ2) is 6.68. The number of nitrogens with zero attached hydrogens (tertiary/aromatic N) is 1. The largest absolute Gasteiger partial charge is 0.376 e. The molecular formula is C15H22N2O2. The van der Waals surface area contributed by atoms with Gasteiger partial charge in [0.2, 0.25) is 5.91 Å². The Bertz CT molecular complexity index is 402. The van der Waals surface area contributed by atoms with Crippen molar-refractivity contribution < 1.29 is 9.53 Å². The van der Waals surface area contributed by atoms with Crippen molar-refractivity contribution in [3.05, 3.63) is 35.9 Å². The van der Waals surface area contributed by atoms with Crippen LogP contribution in [0, 0.1) is 0 Å². The van der Waals surface area contributed by atoms with E-state index < -0.39 is 6.04 Å². The fourth-order valence-corrected chi connectivity index (χ4v) is 2.41. The lowest BCUT2D eigenvalue weighted by Gasteiger charge is -2.26. The number of benzene rings is 1. The Morgan fingerprint density at radius 3 is 2.79 bits per heavy atom. The second-order valence-corrected chi connectivity index (χ2v) is 4.90. The van der Waals surface area contributed by atoms with Crippen LogP contribution in [0.15, 0.2) is 30.3 Å². The molecule has 1 aliphatic heterocycles. The molecule has 2 atom stereocenters. The molecule has 0 aliphatic carbocycles. The summed E-state index contributed by atoms with van der Waals surface area (Å²) in [6.07, 6.45) is 2.29. The number of amides is 1. The van der Waals surface area contributed by atoms with Gasteiger partial charge in [-0.15, -0.1) is 0 Å². The Morgan fingerprint density at radius 2 is 2.21 bits per heavy atom. The quantitative estimate of drug-likeness (QED) is 0.879. The Hall–Kier alpha value is -1.39. The lowest BCUT2D eigenvalue weighted by molar-refractivity contribution is -0.134. The molecule has 2 unspecified atom stereocenters. The number of carbonyl (C=O) groups excluding carboxylic acids is 1. The van der Waals surface area contributed by atoms with Crippen molar-refractivity contribution in [2.45, 2.75) is 31.9 Å². The maximum absolute atomic E-state index is 12.4. The van der Waals surface area contributed by atoms with Crippen LogP contribution < -0.4 is 5.73 Å². The summed E-state index contributed by atoms with van der Waals surface area (Å²) >= 11 is 0. The van der Waals surface area contributed by atoms with E-state index in [1.165, 1.54) is 0 Å². The van der Waals surface area contributed by atoms with Crippen LogP contribution in [0.3, 0.4) is 0 Å². The first-order valence-corrected chi connectivity index (χ1v) is 6.93. The summed E-state index contributed by atoms with van der Waals surface area (Å²) in [5.41, 5.74) is 6.92. The molecule has 19 heavy (non-hydrogen) atoms. The number of rotatable bonds is 5. The average molecular weight is 262 g/mol. The summed E-state index contributed by atoms with van der Waals surface area (Å²) < 4.78 is 5.59. The molecule has 0 saturated carbocycles. The van der Waals surface area contributed by atoms with E-state index in [0.717, 1.165) is 25.0 Å². The van der Waals surface area contributed by atoms with Gasteiger partial charge in [0.1, 0.15) is 6.04 Å². The van der Waals surface area contributed by atoms with Crippen molar-refractivity contribution in [2.75, 3.05) is 19.7 Å². The molecule has 1 aromatic rings. The standard InChI is InChI=1S/C15H22N2O2/c1-2-17(11-13-9-6-10-19-13)15(18)14(16)12-7-4-3-5-8-12/h3-5,7-8,13-14H,2,6,9-11,16H2,1H3. The highest BCUT2D eigenvalue weighted by molar-refractivity contribution is 5.83. The summed E-state index contributed by atoms with van der Waals surface area (Å²) in [6, 6.07) is 8.93. The summed E-state index contributed by atoms with van der Waals surface area (Å²) in [4.78, 5) is 14.2. The molecule has 0 bridgehead atoms. The first-order valence-electron chi connectivity index (χ1n) is 6.93. The van der Waals surface area contributed by atoms with Gasteiger partial charge in [-0.1, -0.05) is 30.3 Å². The molecule has 0 spiro atoms. The molecule has 4 heteroatoms. The number of nitrogens with two attached hydrogens (primary N) is 1. The van der Waals surface area contributed by atoms with Gasteiger partial charge in [-0.05, 0) is 25.3 Å². The molecule has 1 aromatic carbocycles. The molecule has 1 fully saturated rings. The minimum absolute atomic E-state index is 0.0239. The highest BCUT2D eigenvalue weighted by Gasteiger charge is 2.25. The van der Waals surface area contributed by atoms with Gasteiger partial charge in [0, 0.05) is 19.7 Å². The maximum Gasteiger partial charge on any atom is 0.244 e. The van der Waals surface area contributed by atoms with Crippen LogP contribution in [-0.4, -0.2) is 36.6 Å². The van der Waals surface area contributed by atoms with E-state index in [9.17, 15) is 4.79 Å². The van der Waals surface area contributed by atoms with E-state index in [4.69, 9.17) is 10.5 Å². The van der Waals surface area contributed by atoms with E-state index in [0.29, 0.717) is 13.1 Å². The topological polar surface area (TPSA) is 55.6 Å². The third kappa shape index (κ3) is 3.55. The van der Waals surface area contributed by atoms with Crippen molar-refractivity contribution in [3.8, 4) is 0 Å². The van der Waals surface area contributed by atoms with Gasteiger partial charge in [0.25, 0.3) is 0 Å². The zero-order chi connectivity index (χ0) is 13.7. The van der Waals surface area contributed by atoms with Gasteiger partial charge in [-0.25, -0.2) is 0 Å². The van der Waals surface area contributed by atoms with E-state index in [2.05, 4.69) is 0 Å². The molecule has 4 nitrogen and oxygen atoms in total. The number of carbonyl (C=O) groups is 1. The fourth-order valence-electron chi connectivity index (χ4n) is 2.41. The van der Waals surface area contributed by atoms with Gasteiger partial charge in [0.15, 0.2) is 0 Å². The van der Waals surface area contributed by atoms with Gasteiger partial charge in [-0.2, -0.15) is 0 Å². The van der Waals surface area contributed by atoms with Crippen molar-refractivity contribution in [2.24, 2.45) is 5.73 Å². The Balaban J connectivity index is 1.99. The molecule has 104 valence electrons. The number of likely N-dealkylation sites (N-methyl/N-ethyl adjacent to an activating group) is 1. The molecule has 2 N–H and O–H groups in total. The van der Waals surface area contributed by atoms with Gasteiger partial charge < -0.3 is 15.4 Å². The van der Waals surface area contributed by atoms with Crippen molar-refractivity contribution >= 4 is 5.91 Å². The zero-order valence-electron chi connectivity index (χ0n) is 11.4. The molecule has 1 amide bonds. The summed E-state index contributed by atoms with van der Waals surface area (Å²) in [5.74, 6) is -0.0239. The van der Waals surface area contributed by atoms with Crippen LogP contribution >= 0.6 is 0 Å². The van der Waals surface area contributed by atoms with Crippen LogP contribution in [0.5, 0.6) is 0 Å². The van der Waals surface area contributed by atoms with Crippen LogP contribution in [0.2, 0.25) is 0 Å². The van der Waals surface area contributed by atoms with Crippen LogP contribution in [0.1, 0.15) is 31.4 Å². The van der Waals surface area contributed by atoms with E-state index in [1.807, 2.05) is 37.3 Å². The van der Waals surface area contributed by atoms with Gasteiger partial charge >= 0.3 is 0 Å². The molecule has 1 aliphatic rings. The van der Waals surface area contributed by atoms with Crippen LogP contribution in [0.25, 0.3) is 0 Å². The second-order valence-electron chi connectivity index (χ2n) is 4.90. The molecule has 0 aromatic heterocycles. The third-order valence-electron chi connectivity index (χ3n) is 3.57. The van der Waals surface area contributed by atoms with Gasteiger partial charge in [-0.3, -0.25) is 4.79 Å². The monoisotopic (exact) mass is 262 g/mol. The number of ether oxygens (including phenoxy) is 1. The predicted octanol–water partition coefficient (Wildman–Crippen LogP) is 1.71. The maximum atomic E-state index is 12.4. The number of hydrogen-bond acceptors (Lipinski definition) is 3. The molecule has 0 radical (unpaired) electrons. The minimum Gasteiger partial charge on any atom is -0.376 e. The minimum atomic E-state index is -0.581. The van der Waals surface area contributed by atoms with E-state index in [1.54, 1.807) is 4.90 Å². The molecule has 1 heterocycles.